The van der Waals surface area contributed by atoms with Gasteiger partial charge in [0.25, 0.3) is 0 Å². The van der Waals surface area contributed by atoms with Crippen LogP contribution in [0.3, 0.4) is 0 Å². The van der Waals surface area contributed by atoms with Gasteiger partial charge in [0.1, 0.15) is 5.76 Å². The predicted molar refractivity (Wildman–Crippen MR) is 93.7 cm³/mol. The van der Waals surface area contributed by atoms with Crippen LogP contribution in [0.1, 0.15) is 41.8 Å². The fourth-order valence-corrected chi connectivity index (χ4v) is 3.33. The maximum Gasteiger partial charge on any atom is 0.138 e. The van der Waals surface area contributed by atoms with Crippen LogP contribution in [-0.4, -0.2) is 30.2 Å². The lowest BCUT2D eigenvalue weighted by atomic mass is 10.1. The van der Waals surface area contributed by atoms with Crippen LogP contribution < -0.4 is 4.90 Å². The first-order valence-corrected chi connectivity index (χ1v) is 8.57. The number of piperidine rings is 1. The summed E-state index contributed by atoms with van der Waals surface area (Å²) in [5.74, 6) is 0.926. The lowest BCUT2D eigenvalue weighted by molar-refractivity contribution is 0.315. The Labute approximate surface area is 139 Å². The predicted octanol–water partition coefficient (Wildman–Crippen LogP) is 3.91. The van der Waals surface area contributed by atoms with Gasteiger partial charge in [0.15, 0.2) is 0 Å². The van der Waals surface area contributed by atoms with E-state index in [2.05, 4.69) is 46.3 Å². The average Bonchev–Trinajstić information content (AvgIpc) is 2.88. The molecule has 1 aliphatic heterocycles. The van der Waals surface area contributed by atoms with Crippen LogP contribution in [0.2, 0.25) is 0 Å². The normalized spacial score (nSPS) is 15.4. The van der Waals surface area contributed by atoms with Crippen LogP contribution in [0.5, 0.6) is 0 Å². The first-order valence-electron chi connectivity index (χ1n) is 8.57. The van der Waals surface area contributed by atoms with Crippen molar-refractivity contribution in [1.82, 2.24) is 10.1 Å². The van der Waals surface area contributed by atoms with Gasteiger partial charge in [-0.25, -0.2) is 0 Å². The number of anilines is 1. The Balaban J connectivity index is 1.59. The minimum Gasteiger partial charge on any atom is -0.372 e. The molecule has 1 aliphatic rings. The van der Waals surface area contributed by atoms with E-state index in [1.165, 1.54) is 49.2 Å². The molecule has 0 bridgehead atoms. The van der Waals surface area contributed by atoms with E-state index in [0.717, 1.165) is 24.5 Å². The molecule has 0 saturated carbocycles. The Morgan fingerprint density at radius 1 is 1.04 bits per heavy atom. The number of hydrogen-bond donors (Lipinski definition) is 0. The Bertz CT molecular complexity index is 607. The van der Waals surface area contributed by atoms with Gasteiger partial charge < -0.3 is 9.42 Å². The Morgan fingerprint density at radius 3 is 2.35 bits per heavy atom. The third kappa shape index (κ3) is 3.94. The molecule has 1 fully saturated rings. The van der Waals surface area contributed by atoms with Crippen molar-refractivity contribution in [3.63, 3.8) is 0 Å². The van der Waals surface area contributed by atoms with Gasteiger partial charge in [-0.05, 0) is 57.9 Å². The van der Waals surface area contributed by atoms with Gasteiger partial charge in [-0.15, -0.1) is 0 Å². The molecule has 0 N–H and O–H groups in total. The molecule has 0 aliphatic carbocycles. The molecule has 0 atom stereocenters. The second-order valence-corrected chi connectivity index (χ2v) is 6.69. The molecular weight excluding hydrogens is 286 g/mol. The molecule has 0 radical (unpaired) electrons. The maximum atomic E-state index is 5.25. The Morgan fingerprint density at radius 2 is 1.74 bits per heavy atom. The molecule has 124 valence electrons. The molecule has 23 heavy (non-hydrogen) atoms. The zero-order valence-corrected chi connectivity index (χ0v) is 14.5. The number of rotatable bonds is 5. The van der Waals surface area contributed by atoms with Gasteiger partial charge in [0, 0.05) is 37.4 Å². The first kappa shape index (κ1) is 16.1. The summed E-state index contributed by atoms with van der Waals surface area (Å²) in [6.07, 6.45) is 4.02. The molecule has 3 rings (SSSR count). The van der Waals surface area contributed by atoms with Gasteiger partial charge in [0.2, 0.25) is 0 Å². The monoisotopic (exact) mass is 313 g/mol. The molecule has 2 aromatic rings. The van der Waals surface area contributed by atoms with Crippen molar-refractivity contribution >= 4 is 5.69 Å². The summed E-state index contributed by atoms with van der Waals surface area (Å²) >= 11 is 0. The van der Waals surface area contributed by atoms with E-state index in [4.69, 9.17) is 4.52 Å². The zero-order valence-electron chi connectivity index (χ0n) is 14.5. The van der Waals surface area contributed by atoms with Crippen molar-refractivity contribution in [1.29, 1.82) is 0 Å². The fraction of sp³-hybridized carbons (Fsp3) is 0.526. The van der Waals surface area contributed by atoms with Crippen LogP contribution in [0.15, 0.2) is 28.8 Å². The van der Waals surface area contributed by atoms with E-state index in [9.17, 15) is 0 Å². The molecule has 2 heterocycles. The Hall–Kier alpha value is -1.81. The SMILES string of the molecule is Cc1noc(C)c1CN(C)Cc1ccc(N2CCCCC2)cc1. The summed E-state index contributed by atoms with van der Waals surface area (Å²) in [4.78, 5) is 4.81. The second kappa shape index (κ2) is 7.18. The number of hydrogen-bond acceptors (Lipinski definition) is 4. The van der Waals surface area contributed by atoms with E-state index in [0.29, 0.717) is 0 Å². The number of aromatic nitrogens is 1. The number of nitrogens with zero attached hydrogens (tertiary/aromatic N) is 3. The molecule has 1 saturated heterocycles. The van der Waals surface area contributed by atoms with E-state index in [1.54, 1.807) is 0 Å². The highest BCUT2D eigenvalue weighted by molar-refractivity contribution is 5.47. The van der Waals surface area contributed by atoms with Crippen molar-refractivity contribution in [3.8, 4) is 0 Å². The highest BCUT2D eigenvalue weighted by Crippen LogP contribution is 2.21. The van der Waals surface area contributed by atoms with Crippen molar-refractivity contribution in [2.24, 2.45) is 0 Å². The highest BCUT2D eigenvalue weighted by atomic mass is 16.5. The lowest BCUT2D eigenvalue weighted by Crippen LogP contribution is -2.29. The Kier molecular flexibility index (Phi) is 5.01. The summed E-state index contributed by atoms with van der Waals surface area (Å²) in [5, 5.41) is 4.03. The number of benzene rings is 1. The molecular formula is C19H27N3O. The molecule has 1 aromatic heterocycles. The topological polar surface area (TPSA) is 32.5 Å². The molecule has 0 spiro atoms. The van der Waals surface area contributed by atoms with E-state index in [-0.39, 0.29) is 0 Å². The van der Waals surface area contributed by atoms with Crippen LogP contribution in [0.4, 0.5) is 5.69 Å². The minimum absolute atomic E-state index is 0.870. The van der Waals surface area contributed by atoms with Crippen molar-refractivity contribution in [2.75, 3.05) is 25.0 Å². The molecule has 4 heteroatoms. The number of aryl methyl sites for hydroxylation is 2. The summed E-state index contributed by atoms with van der Waals surface area (Å²) in [5.41, 5.74) is 4.91. The van der Waals surface area contributed by atoms with Crippen molar-refractivity contribution in [2.45, 2.75) is 46.2 Å². The first-order chi connectivity index (χ1) is 11.1. The molecule has 0 amide bonds. The molecule has 0 unspecified atom stereocenters. The molecule has 1 aromatic carbocycles. The summed E-state index contributed by atoms with van der Waals surface area (Å²) in [6.45, 7) is 8.19. The van der Waals surface area contributed by atoms with Crippen LogP contribution in [0, 0.1) is 13.8 Å². The van der Waals surface area contributed by atoms with Crippen molar-refractivity contribution in [3.05, 3.63) is 46.8 Å². The largest absolute Gasteiger partial charge is 0.372 e. The van der Waals surface area contributed by atoms with Crippen LogP contribution >= 0.6 is 0 Å². The summed E-state index contributed by atoms with van der Waals surface area (Å²) in [7, 11) is 2.14. The minimum atomic E-state index is 0.870. The molecule has 4 nitrogen and oxygen atoms in total. The van der Waals surface area contributed by atoms with E-state index in [1.807, 2.05) is 13.8 Å². The zero-order chi connectivity index (χ0) is 16.2. The third-order valence-electron chi connectivity index (χ3n) is 4.72. The maximum absolute atomic E-state index is 5.25. The standard InChI is InChI=1S/C19H27N3O/c1-15-19(16(2)23-20-15)14-21(3)13-17-7-9-18(10-8-17)22-11-5-4-6-12-22/h7-10H,4-6,11-14H2,1-3H3. The smallest absolute Gasteiger partial charge is 0.138 e. The van der Waals surface area contributed by atoms with E-state index < -0.39 is 0 Å². The van der Waals surface area contributed by atoms with Crippen LogP contribution in [-0.2, 0) is 13.1 Å². The van der Waals surface area contributed by atoms with Gasteiger partial charge in [-0.2, -0.15) is 0 Å². The summed E-state index contributed by atoms with van der Waals surface area (Å²) in [6, 6.07) is 9.05. The highest BCUT2D eigenvalue weighted by Gasteiger charge is 2.13. The van der Waals surface area contributed by atoms with Crippen LogP contribution in [0.25, 0.3) is 0 Å². The quantitative estimate of drug-likeness (QED) is 0.837. The van der Waals surface area contributed by atoms with Gasteiger partial charge in [-0.1, -0.05) is 17.3 Å². The van der Waals surface area contributed by atoms with Crippen molar-refractivity contribution < 1.29 is 4.52 Å². The van der Waals surface area contributed by atoms with Gasteiger partial charge in [0.05, 0.1) is 5.69 Å². The second-order valence-electron chi connectivity index (χ2n) is 6.69. The lowest BCUT2D eigenvalue weighted by Gasteiger charge is -2.29. The summed E-state index contributed by atoms with van der Waals surface area (Å²) < 4.78 is 5.25. The third-order valence-corrected chi connectivity index (χ3v) is 4.72. The van der Waals surface area contributed by atoms with E-state index >= 15 is 0 Å². The van der Waals surface area contributed by atoms with Gasteiger partial charge in [-0.3, -0.25) is 4.90 Å². The average molecular weight is 313 g/mol. The fourth-order valence-electron chi connectivity index (χ4n) is 3.33. The van der Waals surface area contributed by atoms with Gasteiger partial charge >= 0.3 is 0 Å².